The predicted molar refractivity (Wildman–Crippen MR) is 94.3 cm³/mol. The van der Waals surface area contributed by atoms with Crippen LogP contribution in [-0.4, -0.2) is 21.1 Å². The molecule has 0 saturated heterocycles. The van der Waals surface area contributed by atoms with Gasteiger partial charge in [-0.2, -0.15) is 0 Å². The maximum Gasteiger partial charge on any atom is 0.251 e. The molecule has 1 aromatic carbocycles. The first kappa shape index (κ1) is 17.6. The molecule has 0 aliphatic carbocycles. The second-order valence-corrected chi connectivity index (χ2v) is 6.82. The first-order valence-electron chi connectivity index (χ1n) is 7.31. The van der Waals surface area contributed by atoms with Gasteiger partial charge in [-0.15, -0.1) is 0 Å². The number of nitrogens with zero attached hydrogens (tertiary/aromatic N) is 1. The monoisotopic (exact) mass is 351 g/mol. The number of aromatic amines is 1. The first-order valence-corrected chi connectivity index (χ1v) is 8.57. The number of carbonyl (C=O) groups is 1. The number of H-pyrrole nitrogens is 1. The van der Waals surface area contributed by atoms with Crippen molar-refractivity contribution < 1.29 is 4.79 Å². The molecule has 122 valence electrons. The Morgan fingerprint density at radius 2 is 2.22 bits per heavy atom. The molecule has 2 N–H and O–H groups in total. The highest BCUT2D eigenvalue weighted by Crippen LogP contribution is 2.21. The second kappa shape index (κ2) is 8.17. The van der Waals surface area contributed by atoms with Crippen molar-refractivity contribution in [3.8, 4) is 0 Å². The lowest BCUT2D eigenvalue weighted by molar-refractivity contribution is -0.115. The van der Waals surface area contributed by atoms with Gasteiger partial charge >= 0.3 is 0 Å². The number of halogens is 1. The fourth-order valence-corrected chi connectivity index (χ4v) is 2.98. The van der Waals surface area contributed by atoms with Gasteiger partial charge in [-0.1, -0.05) is 42.8 Å². The number of thioether (sulfide) groups is 1. The van der Waals surface area contributed by atoms with Gasteiger partial charge in [0, 0.05) is 22.5 Å². The van der Waals surface area contributed by atoms with Crippen LogP contribution in [0.3, 0.4) is 0 Å². The van der Waals surface area contributed by atoms with Crippen molar-refractivity contribution in [2.24, 2.45) is 0 Å². The summed E-state index contributed by atoms with van der Waals surface area (Å²) in [5, 5.41) is 3.40. The van der Waals surface area contributed by atoms with E-state index in [1.807, 2.05) is 6.92 Å². The molecule has 0 unspecified atom stereocenters. The van der Waals surface area contributed by atoms with E-state index in [9.17, 15) is 9.59 Å². The van der Waals surface area contributed by atoms with E-state index in [0.29, 0.717) is 15.9 Å². The Hall–Kier alpha value is -1.79. The highest BCUT2D eigenvalue weighted by molar-refractivity contribution is 8.00. The summed E-state index contributed by atoms with van der Waals surface area (Å²) >= 11 is 7.11. The van der Waals surface area contributed by atoms with E-state index in [-0.39, 0.29) is 11.5 Å². The number of anilines is 1. The molecule has 23 heavy (non-hydrogen) atoms. The molecular formula is C16H18ClN3O2S. The highest BCUT2D eigenvalue weighted by atomic mass is 35.5. The van der Waals surface area contributed by atoms with Crippen LogP contribution in [0.25, 0.3) is 0 Å². The van der Waals surface area contributed by atoms with Crippen LogP contribution >= 0.6 is 23.4 Å². The van der Waals surface area contributed by atoms with E-state index in [1.165, 1.54) is 17.8 Å². The van der Waals surface area contributed by atoms with E-state index >= 15 is 0 Å². The summed E-state index contributed by atoms with van der Waals surface area (Å²) < 4.78 is 0. The lowest BCUT2D eigenvalue weighted by Gasteiger charge is -2.12. The van der Waals surface area contributed by atoms with E-state index < -0.39 is 5.25 Å². The van der Waals surface area contributed by atoms with Crippen LogP contribution in [0, 0.1) is 0 Å². The molecule has 0 aliphatic heterocycles. The van der Waals surface area contributed by atoms with Crippen molar-refractivity contribution in [3.63, 3.8) is 0 Å². The van der Waals surface area contributed by atoms with Crippen LogP contribution < -0.4 is 10.9 Å². The third-order valence-corrected chi connectivity index (χ3v) is 4.25. The molecule has 1 amide bonds. The third kappa shape index (κ3) is 5.41. The topological polar surface area (TPSA) is 74.8 Å². The fraction of sp³-hybridized carbons (Fsp3) is 0.312. The molecule has 0 aliphatic rings. The predicted octanol–water partition coefficient (Wildman–Crippen LogP) is 3.50. The van der Waals surface area contributed by atoms with Crippen molar-refractivity contribution in [1.82, 2.24) is 9.97 Å². The Morgan fingerprint density at radius 3 is 2.91 bits per heavy atom. The van der Waals surface area contributed by atoms with Gasteiger partial charge in [0.05, 0.1) is 5.25 Å². The molecule has 2 aromatic rings. The Morgan fingerprint density at radius 1 is 1.43 bits per heavy atom. The van der Waals surface area contributed by atoms with Gasteiger partial charge in [-0.25, -0.2) is 4.98 Å². The summed E-state index contributed by atoms with van der Waals surface area (Å²) in [6.07, 6.45) is 1.64. The zero-order valence-corrected chi connectivity index (χ0v) is 14.5. The molecule has 2 rings (SSSR count). The quantitative estimate of drug-likeness (QED) is 0.617. The number of carbonyl (C=O) groups excluding carboxylic acids is 1. The van der Waals surface area contributed by atoms with Crippen LogP contribution in [0.1, 0.15) is 26.0 Å². The standard InChI is InChI=1S/C16H18ClN3O2S/c1-3-5-12-9-14(21)20-16(19-12)23-10(2)15(22)18-13-7-4-6-11(17)8-13/h4,6-10H,3,5H2,1-2H3,(H,18,22)(H,19,20,21)/t10-/m1/s1. The van der Waals surface area contributed by atoms with Crippen LogP contribution in [-0.2, 0) is 11.2 Å². The first-order chi connectivity index (χ1) is 11.0. The number of nitrogens with one attached hydrogen (secondary N) is 2. The number of hydrogen-bond donors (Lipinski definition) is 2. The molecule has 1 aromatic heterocycles. The summed E-state index contributed by atoms with van der Waals surface area (Å²) in [4.78, 5) is 30.9. The zero-order chi connectivity index (χ0) is 16.8. The summed E-state index contributed by atoms with van der Waals surface area (Å²) in [6, 6.07) is 8.44. The van der Waals surface area contributed by atoms with E-state index in [0.717, 1.165) is 18.5 Å². The third-order valence-electron chi connectivity index (χ3n) is 3.03. The van der Waals surface area contributed by atoms with Gasteiger partial charge in [0.15, 0.2) is 5.16 Å². The average molecular weight is 352 g/mol. The molecule has 1 atom stereocenters. The van der Waals surface area contributed by atoms with E-state index in [2.05, 4.69) is 15.3 Å². The number of aryl methyl sites for hydroxylation is 1. The van der Waals surface area contributed by atoms with Crippen molar-refractivity contribution in [2.75, 3.05) is 5.32 Å². The average Bonchev–Trinajstić information content (AvgIpc) is 2.46. The van der Waals surface area contributed by atoms with Crippen LogP contribution in [0.2, 0.25) is 5.02 Å². The van der Waals surface area contributed by atoms with Crippen molar-refractivity contribution in [2.45, 2.75) is 37.1 Å². The summed E-state index contributed by atoms with van der Waals surface area (Å²) in [7, 11) is 0. The molecular weight excluding hydrogens is 334 g/mol. The Kier molecular flexibility index (Phi) is 6.24. The molecule has 5 nitrogen and oxygen atoms in total. The number of hydrogen-bond acceptors (Lipinski definition) is 4. The van der Waals surface area contributed by atoms with Crippen molar-refractivity contribution in [1.29, 1.82) is 0 Å². The van der Waals surface area contributed by atoms with Crippen molar-refractivity contribution in [3.05, 3.63) is 51.4 Å². The molecule has 0 saturated carbocycles. The summed E-state index contributed by atoms with van der Waals surface area (Å²) in [5.41, 5.74) is 1.17. The molecule has 0 radical (unpaired) electrons. The number of amides is 1. The SMILES string of the molecule is CCCc1cc(=O)[nH]c(S[C@H](C)C(=O)Nc2cccc(Cl)c2)n1. The second-order valence-electron chi connectivity index (χ2n) is 5.05. The van der Waals surface area contributed by atoms with E-state index in [4.69, 9.17) is 11.6 Å². The zero-order valence-electron chi connectivity index (χ0n) is 12.9. The maximum absolute atomic E-state index is 12.2. The molecule has 0 bridgehead atoms. The lowest BCUT2D eigenvalue weighted by Crippen LogP contribution is -2.23. The molecule has 0 spiro atoms. The van der Waals surface area contributed by atoms with Gasteiger partial charge in [0.25, 0.3) is 5.56 Å². The van der Waals surface area contributed by atoms with Gasteiger partial charge in [0.2, 0.25) is 5.91 Å². The van der Waals surface area contributed by atoms with Crippen LogP contribution in [0.4, 0.5) is 5.69 Å². The fourth-order valence-electron chi connectivity index (χ4n) is 1.95. The number of benzene rings is 1. The Balaban J connectivity index is 2.04. The minimum absolute atomic E-state index is 0.180. The largest absolute Gasteiger partial charge is 0.325 e. The minimum atomic E-state index is -0.408. The van der Waals surface area contributed by atoms with Crippen molar-refractivity contribution >= 4 is 35.0 Å². The van der Waals surface area contributed by atoms with Crippen LogP contribution in [0.15, 0.2) is 40.3 Å². The molecule has 7 heteroatoms. The van der Waals surface area contributed by atoms with Gasteiger partial charge < -0.3 is 10.3 Å². The van der Waals surface area contributed by atoms with Crippen LogP contribution in [0.5, 0.6) is 0 Å². The smallest absolute Gasteiger partial charge is 0.251 e. The molecule has 1 heterocycles. The van der Waals surface area contributed by atoms with Gasteiger partial charge in [0.1, 0.15) is 0 Å². The number of aromatic nitrogens is 2. The minimum Gasteiger partial charge on any atom is -0.325 e. The summed E-state index contributed by atoms with van der Waals surface area (Å²) in [5.74, 6) is -0.180. The summed E-state index contributed by atoms with van der Waals surface area (Å²) in [6.45, 7) is 3.79. The normalized spacial score (nSPS) is 12.0. The Bertz CT molecular complexity index is 748. The van der Waals surface area contributed by atoms with Gasteiger partial charge in [-0.3, -0.25) is 9.59 Å². The van der Waals surface area contributed by atoms with E-state index in [1.54, 1.807) is 31.2 Å². The maximum atomic E-state index is 12.2. The lowest BCUT2D eigenvalue weighted by atomic mass is 10.2. The number of rotatable bonds is 6. The van der Waals surface area contributed by atoms with Gasteiger partial charge in [-0.05, 0) is 31.5 Å². The Labute approximate surface area is 143 Å². The highest BCUT2D eigenvalue weighted by Gasteiger charge is 2.16. The molecule has 0 fully saturated rings.